The summed E-state index contributed by atoms with van der Waals surface area (Å²) < 4.78 is 5.24. The molecule has 1 fully saturated rings. The zero-order valence-corrected chi connectivity index (χ0v) is 15.9. The van der Waals surface area contributed by atoms with Crippen LogP contribution in [0.2, 0.25) is 5.02 Å². The van der Waals surface area contributed by atoms with E-state index >= 15 is 0 Å². The van der Waals surface area contributed by atoms with Crippen molar-refractivity contribution in [2.24, 2.45) is 0 Å². The number of methoxy groups -OCH3 is 1. The monoisotopic (exact) mass is 369 g/mol. The number of nitrogens with one attached hydrogen (secondary N) is 1. The number of amides is 1. The van der Waals surface area contributed by atoms with Gasteiger partial charge in [0.25, 0.3) is 5.91 Å². The standard InChI is InChI=1S/C18H28ClN3O3/c1-4-5-6-7-22-11-12(10-18(22,2)24)21-17(23)13-8-14(19)15(20)9-16(13)25-3/h8-9,12,24H,4-7,10-11,20H2,1-3H3,(H,21,23)/t12-,18-/m0/s1. The Morgan fingerprint density at radius 3 is 2.88 bits per heavy atom. The number of aliphatic hydroxyl groups is 1. The fourth-order valence-corrected chi connectivity index (χ4v) is 3.45. The summed E-state index contributed by atoms with van der Waals surface area (Å²) in [6.45, 7) is 5.39. The molecule has 4 N–H and O–H groups in total. The number of unbranched alkanes of at least 4 members (excludes halogenated alkanes) is 2. The summed E-state index contributed by atoms with van der Waals surface area (Å²) in [4.78, 5) is 14.7. The van der Waals surface area contributed by atoms with Gasteiger partial charge in [-0.05, 0) is 19.4 Å². The second-order valence-electron chi connectivity index (χ2n) is 6.82. The van der Waals surface area contributed by atoms with E-state index in [1.807, 2.05) is 4.90 Å². The second kappa shape index (κ2) is 8.25. The fraction of sp³-hybridized carbons (Fsp3) is 0.611. The number of rotatable bonds is 7. The topological polar surface area (TPSA) is 87.8 Å². The molecule has 2 atom stereocenters. The van der Waals surface area contributed by atoms with Crippen molar-refractivity contribution in [2.75, 3.05) is 25.9 Å². The number of nitrogen functional groups attached to an aromatic ring is 1. The van der Waals surface area contributed by atoms with E-state index in [0.29, 0.717) is 35.0 Å². The summed E-state index contributed by atoms with van der Waals surface area (Å²) in [6.07, 6.45) is 3.78. The van der Waals surface area contributed by atoms with E-state index < -0.39 is 5.72 Å². The normalized spacial score (nSPS) is 23.6. The molecule has 0 saturated carbocycles. The van der Waals surface area contributed by atoms with Crippen molar-refractivity contribution in [2.45, 2.75) is 51.3 Å². The molecule has 0 bridgehead atoms. The minimum Gasteiger partial charge on any atom is -0.496 e. The van der Waals surface area contributed by atoms with Crippen LogP contribution in [0, 0.1) is 0 Å². The number of ether oxygens (including phenoxy) is 1. The van der Waals surface area contributed by atoms with Crippen LogP contribution < -0.4 is 15.8 Å². The van der Waals surface area contributed by atoms with Crippen molar-refractivity contribution in [3.05, 3.63) is 22.7 Å². The van der Waals surface area contributed by atoms with Crippen LogP contribution in [0.5, 0.6) is 5.75 Å². The predicted molar refractivity (Wildman–Crippen MR) is 100 cm³/mol. The van der Waals surface area contributed by atoms with E-state index in [-0.39, 0.29) is 11.9 Å². The average Bonchev–Trinajstić information content (AvgIpc) is 2.83. The van der Waals surface area contributed by atoms with Gasteiger partial charge in [-0.1, -0.05) is 31.4 Å². The summed E-state index contributed by atoms with van der Waals surface area (Å²) in [5, 5.41) is 13.9. The number of hydrogen-bond acceptors (Lipinski definition) is 5. The van der Waals surface area contributed by atoms with Crippen LogP contribution in [0.4, 0.5) is 5.69 Å². The van der Waals surface area contributed by atoms with Crippen LogP contribution in [-0.4, -0.2) is 47.9 Å². The smallest absolute Gasteiger partial charge is 0.255 e. The molecule has 0 aromatic heterocycles. The van der Waals surface area contributed by atoms with E-state index in [2.05, 4.69) is 12.2 Å². The molecule has 6 nitrogen and oxygen atoms in total. The number of carbonyl (C=O) groups is 1. The molecule has 140 valence electrons. The maximum atomic E-state index is 12.6. The largest absolute Gasteiger partial charge is 0.496 e. The maximum Gasteiger partial charge on any atom is 0.255 e. The minimum atomic E-state index is -0.908. The van der Waals surface area contributed by atoms with Crippen molar-refractivity contribution in [3.63, 3.8) is 0 Å². The number of benzene rings is 1. The molecule has 0 radical (unpaired) electrons. The summed E-state index contributed by atoms with van der Waals surface area (Å²) in [6, 6.07) is 2.92. The molecule has 1 aromatic rings. The molecule has 0 spiro atoms. The zero-order valence-electron chi connectivity index (χ0n) is 15.1. The Bertz CT molecular complexity index is 622. The third-order valence-electron chi connectivity index (χ3n) is 4.69. The van der Waals surface area contributed by atoms with Crippen LogP contribution in [0.15, 0.2) is 12.1 Å². The van der Waals surface area contributed by atoms with Crippen molar-refractivity contribution in [1.82, 2.24) is 10.2 Å². The Kier molecular flexibility index (Phi) is 6.54. The Labute approximate surface area is 154 Å². The number of nitrogens with zero attached hydrogens (tertiary/aromatic N) is 1. The van der Waals surface area contributed by atoms with Gasteiger partial charge in [0.2, 0.25) is 0 Å². The first-order valence-corrected chi connectivity index (χ1v) is 9.07. The van der Waals surface area contributed by atoms with Gasteiger partial charge in [-0.15, -0.1) is 0 Å². The molecule has 25 heavy (non-hydrogen) atoms. The van der Waals surface area contributed by atoms with Gasteiger partial charge < -0.3 is 20.9 Å². The summed E-state index contributed by atoms with van der Waals surface area (Å²) >= 11 is 6.03. The summed E-state index contributed by atoms with van der Waals surface area (Å²) in [7, 11) is 1.48. The highest BCUT2D eigenvalue weighted by Crippen LogP contribution is 2.30. The quantitative estimate of drug-likeness (QED) is 0.508. The van der Waals surface area contributed by atoms with Crippen molar-refractivity contribution >= 4 is 23.2 Å². The highest BCUT2D eigenvalue weighted by atomic mass is 35.5. The number of nitrogens with two attached hydrogens (primary N) is 1. The predicted octanol–water partition coefficient (Wildman–Crippen LogP) is 2.63. The lowest BCUT2D eigenvalue weighted by Crippen LogP contribution is -2.41. The van der Waals surface area contributed by atoms with Gasteiger partial charge in [0.15, 0.2) is 0 Å². The molecule has 1 aliphatic heterocycles. The first-order valence-electron chi connectivity index (χ1n) is 8.69. The minimum absolute atomic E-state index is 0.134. The highest BCUT2D eigenvalue weighted by Gasteiger charge is 2.40. The molecule has 1 amide bonds. The van der Waals surface area contributed by atoms with Crippen LogP contribution in [0.25, 0.3) is 0 Å². The third kappa shape index (κ3) is 4.77. The van der Waals surface area contributed by atoms with Gasteiger partial charge in [0.1, 0.15) is 11.5 Å². The van der Waals surface area contributed by atoms with Crippen molar-refractivity contribution in [3.8, 4) is 5.75 Å². The molecule has 0 unspecified atom stereocenters. The van der Waals surface area contributed by atoms with Gasteiger partial charge in [-0.25, -0.2) is 0 Å². The highest BCUT2D eigenvalue weighted by molar-refractivity contribution is 6.33. The Hall–Kier alpha value is -1.50. The second-order valence-corrected chi connectivity index (χ2v) is 7.23. The lowest BCUT2D eigenvalue weighted by atomic mass is 10.1. The molecular weight excluding hydrogens is 342 g/mol. The number of anilines is 1. The molecule has 1 saturated heterocycles. The van der Waals surface area contributed by atoms with E-state index in [0.717, 1.165) is 25.8 Å². The third-order valence-corrected chi connectivity index (χ3v) is 5.01. The number of hydrogen-bond donors (Lipinski definition) is 3. The van der Waals surface area contributed by atoms with Crippen LogP contribution in [0.1, 0.15) is 49.9 Å². The lowest BCUT2D eigenvalue weighted by Gasteiger charge is -2.29. The van der Waals surface area contributed by atoms with Crippen LogP contribution in [0.3, 0.4) is 0 Å². The molecule has 2 rings (SSSR count). The average molecular weight is 370 g/mol. The van der Waals surface area contributed by atoms with Crippen molar-refractivity contribution < 1.29 is 14.6 Å². The molecule has 1 heterocycles. The van der Waals surface area contributed by atoms with Gasteiger partial charge in [0.05, 0.1) is 23.4 Å². The molecular formula is C18H28ClN3O3. The first kappa shape index (κ1) is 19.8. The number of likely N-dealkylation sites (tertiary alicyclic amines) is 1. The summed E-state index contributed by atoms with van der Waals surface area (Å²) in [5.74, 6) is 0.0962. The number of halogens is 1. The first-order chi connectivity index (χ1) is 11.8. The fourth-order valence-electron chi connectivity index (χ4n) is 3.28. The van der Waals surface area contributed by atoms with Gasteiger partial charge >= 0.3 is 0 Å². The molecule has 7 heteroatoms. The van der Waals surface area contributed by atoms with Gasteiger partial charge in [-0.3, -0.25) is 9.69 Å². The zero-order chi connectivity index (χ0) is 18.6. The molecule has 1 aliphatic rings. The Balaban J connectivity index is 2.05. The maximum absolute atomic E-state index is 12.6. The van der Waals surface area contributed by atoms with Gasteiger partial charge in [0, 0.05) is 31.6 Å². The molecule has 0 aliphatic carbocycles. The van der Waals surface area contributed by atoms with E-state index in [1.54, 1.807) is 13.0 Å². The molecule has 1 aromatic carbocycles. The SMILES string of the molecule is CCCCCN1C[C@@H](NC(=O)c2cc(Cl)c(N)cc2OC)C[C@]1(C)O. The summed E-state index contributed by atoms with van der Waals surface area (Å²) in [5.41, 5.74) is 5.55. The van der Waals surface area contributed by atoms with E-state index in [4.69, 9.17) is 22.1 Å². The van der Waals surface area contributed by atoms with Crippen molar-refractivity contribution in [1.29, 1.82) is 0 Å². The Morgan fingerprint density at radius 1 is 1.52 bits per heavy atom. The van der Waals surface area contributed by atoms with E-state index in [1.165, 1.54) is 13.2 Å². The Morgan fingerprint density at radius 2 is 2.24 bits per heavy atom. The van der Waals surface area contributed by atoms with E-state index in [9.17, 15) is 9.90 Å². The van der Waals surface area contributed by atoms with Crippen LogP contribution >= 0.6 is 11.6 Å². The van der Waals surface area contributed by atoms with Crippen LogP contribution in [-0.2, 0) is 0 Å². The lowest BCUT2D eigenvalue weighted by molar-refractivity contribution is -0.0645. The number of carbonyl (C=O) groups excluding carboxylic acids is 1. The van der Waals surface area contributed by atoms with Gasteiger partial charge in [-0.2, -0.15) is 0 Å².